The van der Waals surface area contributed by atoms with Crippen LogP contribution in [0.2, 0.25) is 0 Å². The lowest BCUT2D eigenvalue weighted by Gasteiger charge is -2.35. The number of fused-ring (bicyclic) bond motifs is 2. The van der Waals surface area contributed by atoms with Crippen LogP contribution in [0.15, 0.2) is 0 Å². The van der Waals surface area contributed by atoms with Crippen molar-refractivity contribution in [3.05, 3.63) is 0 Å². The Labute approximate surface area is 87.0 Å². The smallest absolute Gasteiger partial charge is 0.0263 e. The van der Waals surface area contributed by atoms with Crippen molar-refractivity contribution in [1.82, 2.24) is 10.2 Å². The predicted molar refractivity (Wildman–Crippen MR) is 58.3 cm³/mol. The highest BCUT2D eigenvalue weighted by molar-refractivity contribution is 4.99. The molecular weight excluding hydrogens is 172 g/mol. The Morgan fingerprint density at radius 3 is 2.86 bits per heavy atom. The zero-order valence-electron chi connectivity index (χ0n) is 9.21. The van der Waals surface area contributed by atoms with E-state index in [0.29, 0.717) is 0 Å². The number of hydrogen-bond acceptors (Lipinski definition) is 2. The molecule has 0 aromatic heterocycles. The van der Waals surface area contributed by atoms with E-state index in [1.165, 1.54) is 45.3 Å². The minimum Gasteiger partial charge on any atom is -0.315 e. The summed E-state index contributed by atoms with van der Waals surface area (Å²) in [6, 6.07) is 1.83. The Kier molecular flexibility index (Phi) is 2.29. The summed E-state index contributed by atoms with van der Waals surface area (Å²) in [6.07, 6.45) is 5.86. The standard InChI is InChI=1S/C12H22N2/c1-2-10-6-13-7-12(10)14-8-9-3-4-11(14)5-9/h9-13H,2-8H2,1H3. The van der Waals surface area contributed by atoms with Crippen molar-refractivity contribution in [2.75, 3.05) is 19.6 Å². The molecule has 2 bridgehead atoms. The highest BCUT2D eigenvalue weighted by Gasteiger charge is 2.43. The first-order valence-corrected chi connectivity index (χ1v) is 6.35. The third kappa shape index (κ3) is 1.31. The zero-order chi connectivity index (χ0) is 9.54. The van der Waals surface area contributed by atoms with Crippen molar-refractivity contribution in [2.45, 2.75) is 44.7 Å². The molecule has 2 aliphatic heterocycles. The quantitative estimate of drug-likeness (QED) is 0.716. The van der Waals surface area contributed by atoms with Gasteiger partial charge in [-0.3, -0.25) is 4.90 Å². The second kappa shape index (κ2) is 3.49. The van der Waals surface area contributed by atoms with E-state index >= 15 is 0 Å². The number of piperidine rings is 1. The molecule has 3 rings (SSSR count). The first kappa shape index (κ1) is 9.17. The third-order valence-electron chi connectivity index (χ3n) is 4.71. The molecule has 1 N–H and O–H groups in total. The highest BCUT2D eigenvalue weighted by Crippen LogP contribution is 2.40. The molecule has 1 saturated carbocycles. The largest absolute Gasteiger partial charge is 0.315 e. The van der Waals surface area contributed by atoms with Gasteiger partial charge in [0.1, 0.15) is 0 Å². The molecule has 1 aliphatic carbocycles. The van der Waals surface area contributed by atoms with Gasteiger partial charge in [-0.05, 0) is 37.6 Å². The van der Waals surface area contributed by atoms with Crippen molar-refractivity contribution in [3.63, 3.8) is 0 Å². The Bertz CT molecular complexity index is 212. The normalized spacial score (nSPS) is 47.8. The molecule has 4 unspecified atom stereocenters. The summed E-state index contributed by atoms with van der Waals surface area (Å²) in [5.74, 6) is 1.98. The Morgan fingerprint density at radius 1 is 1.29 bits per heavy atom. The number of rotatable bonds is 2. The van der Waals surface area contributed by atoms with Gasteiger partial charge in [-0.25, -0.2) is 0 Å². The van der Waals surface area contributed by atoms with Gasteiger partial charge in [0.15, 0.2) is 0 Å². The predicted octanol–water partition coefficient (Wildman–Crippen LogP) is 1.47. The van der Waals surface area contributed by atoms with Crippen LogP contribution in [0.4, 0.5) is 0 Å². The van der Waals surface area contributed by atoms with Gasteiger partial charge in [-0.2, -0.15) is 0 Å². The van der Waals surface area contributed by atoms with Crippen LogP contribution in [-0.4, -0.2) is 36.6 Å². The Morgan fingerprint density at radius 2 is 2.21 bits per heavy atom. The highest BCUT2D eigenvalue weighted by atomic mass is 15.3. The van der Waals surface area contributed by atoms with Crippen molar-refractivity contribution >= 4 is 0 Å². The average Bonchev–Trinajstić information content (AvgIpc) is 2.92. The Balaban J connectivity index is 1.70. The molecular formula is C12H22N2. The van der Waals surface area contributed by atoms with Gasteiger partial charge in [-0.15, -0.1) is 0 Å². The van der Waals surface area contributed by atoms with Crippen LogP contribution < -0.4 is 5.32 Å². The van der Waals surface area contributed by atoms with Crippen LogP contribution in [0, 0.1) is 11.8 Å². The van der Waals surface area contributed by atoms with Crippen LogP contribution in [0.25, 0.3) is 0 Å². The van der Waals surface area contributed by atoms with Crippen molar-refractivity contribution < 1.29 is 0 Å². The van der Waals surface area contributed by atoms with Gasteiger partial charge < -0.3 is 5.32 Å². The van der Waals surface area contributed by atoms with E-state index in [9.17, 15) is 0 Å². The van der Waals surface area contributed by atoms with E-state index in [-0.39, 0.29) is 0 Å². The van der Waals surface area contributed by atoms with E-state index in [2.05, 4.69) is 17.1 Å². The van der Waals surface area contributed by atoms with Crippen LogP contribution in [-0.2, 0) is 0 Å². The van der Waals surface area contributed by atoms with Gasteiger partial charge in [0.05, 0.1) is 0 Å². The molecule has 0 spiro atoms. The minimum absolute atomic E-state index is 0.871. The van der Waals surface area contributed by atoms with E-state index < -0.39 is 0 Å². The number of likely N-dealkylation sites (tertiary alicyclic amines) is 1. The molecule has 14 heavy (non-hydrogen) atoms. The van der Waals surface area contributed by atoms with Gasteiger partial charge in [0.25, 0.3) is 0 Å². The second-order valence-electron chi connectivity index (χ2n) is 5.42. The van der Waals surface area contributed by atoms with Crippen LogP contribution >= 0.6 is 0 Å². The molecule has 0 amide bonds. The summed E-state index contributed by atoms with van der Waals surface area (Å²) in [5.41, 5.74) is 0. The zero-order valence-corrected chi connectivity index (χ0v) is 9.21. The monoisotopic (exact) mass is 194 g/mol. The van der Waals surface area contributed by atoms with Gasteiger partial charge in [0.2, 0.25) is 0 Å². The SMILES string of the molecule is CCC1CNCC1N1CC2CCC1C2. The van der Waals surface area contributed by atoms with Gasteiger partial charge in [-0.1, -0.05) is 13.3 Å². The van der Waals surface area contributed by atoms with E-state index in [0.717, 1.165) is 23.9 Å². The second-order valence-corrected chi connectivity index (χ2v) is 5.42. The van der Waals surface area contributed by atoms with Crippen LogP contribution in [0.3, 0.4) is 0 Å². The van der Waals surface area contributed by atoms with E-state index in [1.807, 2.05) is 0 Å². The average molecular weight is 194 g/mol. The summed E-state index contributed by atoms with van der Waals surface area (Å²) in [4.78, 5) is 2.84. The number of hydrogen-bond donors (Lipinski definition) is 1. The molecule has 2 nitrogen and oxygen atoms in total. The first-order chi connectivity index (χ1) is 6.88. The number of nitrogens with zero attached hydrogens (tertiary/aromatic N) is 1. The summed E-state index contributed by atoms with van der Waals surface area (Å²) in [7, 11) is 0. The lowest BCUT2D eigenvalue weighted by atomic mass is 9.97. The molecule has 2 heterocycles. The molecule has 0 aromatic carbocycles. The molecule has 3 aliphatic rings. The van der Waals surface area contributed by atoms with Gasteiger partial charge in [0, 0.05) is 25.2 Å². The van der Waals surface area contributed by atoms with Crippen LogP contribution in [0.5, 0.6) is 0 Å². The first-order valence-electron chi connectivity index (χ1n) is 6.35. The van der Waals surface area contributed by atoms with Gasteiger partial charge >= 0.3 is 0 Å². The maximum Gasteiger partial charge on any atom is 0.0263 e. The summed E-state index contributed by atoms with van der Waals surface area (Å²) in [5, 5.41) is 3.57. The summed E-state index contributed by atoms with van der Waals surface area (Å²) < 4.78 is 0. The summed E-state index contributed by atoms with van der Waals surface area (Å²) >= 11 is 0. The molecule has 4 atom stereocenters. The topological polar surface area (TPSA) is 15.3 Å². The Hall–Kier alpha value is -0.0800. The maximum absolute atomic E-state index is 3.57. The molecule has 0 radical (unpaired) electrons. The number of nitrogens with one attached hydrogen (secondary N) is 1. The van der Waals surface area contributed by atoms with Crippen molar-refractivity contribution in [1.29, 1.82) is 0 Å². The van der Waals surface area contributed by atoms with Crippen molar-refractivity contribution in [3.8, 4) is 0 Å². The van der Waals surface area contributed by atoms with E-state index in [4.69, 9.17) is 0 Å². The molecule has 80 valence electrons. The molecule has 2 saturated heterocycles. The fraction of sp³-hybridized carbons (Fsp3) is 1.00. The maximum atomic E-state index is 3.57. The van der Waals surface area contributed by atoms with Crippen molar-refractivity contribution in [2.24, 2.45) is 11.8 Å². The molecule has 3 fully saturated rings. The fourth-order valence-electron chi connectivity index (χ4n) is 3.89. The van der Waals surface area contributed by atoms with Crippen LogP contribution in [0.1, 0.15) is 32.6 Å². The molecule has 2 heteroatoms. The molecule has 0 aromatic rings. The van der Waals surface area contributed by atoms with E-state index in [1.54, 1.807) is 0 Å². The third-order valence-corrected chi connectivity index (χ3v) is 4.71. The minimum atomic E-state index is 0.871. The lowest BCUT2D eigenvalue weighted by molar-refractivity contribution is 0.128. The summed E-state index contributed by atoms with van der Waals surface area (Å²) in [6.45, 7) is 6.27. The lowest BCUT2D eigenvalue weighted by Crippen LogP contribution is -2.45. The fourth-order valence-corrected chi connectivity index (χ4v) is 3.89.